The van der Waals surface area contributed by atoms with Gasteiger partial charge in [-0.15, -0.1) is 11.3 Å². The molecule has 1 aromatic heterocycles. The van der Waals surface area contributed by atoms with Gasteiger partial charge in [-0.3, -0.25) is 14.5 Å². The van der Waals surface area contributed by atoms with Crippen molar-refractivity contribution in [3.63, 3.8) is 0 Å². The number of carbonyl (C=O) groups is 2. The van der Waals surface area contributed by atoms with Crippen molar-refractivity contribution in [3.05, 3.63) is 21.9 Å². The second kappa shape index (κ2) is 7.55. The van der Waals surface area contributed by atoms with Gasteiger partial charge in [-0.2, -0.15) is 0 Å². The van der Waals surface area contributed by atoms with Crippen molar-refractivity contribution < 1.29 is 9.59 Å². The smallest absolute Gasteiger partial charge is 0.261 e. The molecular formula is C15H24N2O2S. The normalized spacial score (nSPS) is 11.4. The Morgan fingerprint density at radius 1 is 1.15 bits per heavy atom. The van der Waals surface area contributed by atoms with Gasteiger partial charge in [0, 0.05) is 25.2 Å². The summed E-state index contributed by atoms with van der Waals surface area (Å²) in [7, 11) is 0. The number of nitrogens with one attached hydrogen (secondary N) is 1. The molecule has 0 aliphatic rings. The maximum Gasteiger partial charge on any atom is 0.261 e. The van der Waals surface area contributed by atoms with Crippen LogP contribution in [-0.4, -0.2) is 41.8 Å². The standard InChI is InChI=1S/C15H24N2O2S/c1-10(2)17(11(3)4)9-8-16-15(19)14-7-6-13(20-14)12(5)18/h6-7,10-11H,8-9H2,1-5H3,(H,16,19). The zero-order valence-electron chi connectivity index (χ0n) is 12.9. The Balaban J connectivity index is 2.48. The molecule has 1 N–H and O–H groups in total. The zero-order chi connectivity index (χ0) is 15.3. The topological polar surface area (TPSA) is 49.4 Å². The van der Waals surface area contributed by atoms with Crippen molar-refractivity contribution in [2.24, 2.45) is 0 Å². The lowest BCUT2D eigenvalue weighted by Crippen LogP contribution is -2.42. The van der Waals surface area contributed by atoms with E-state index in [0.717, 1.165) is 6.54 Å². The fraction of sp³-hybridized carbons (Fsp3) is 0.600. The third kappa shape index (κ3) is 4.72. The first kappa shape index (κ1) is 16.9. The van der Waals surface area contributed by atoms with Crippen LogP contribution in [0.15, 0.2) is 12.1 Å². The fourth-order valence-corrected chi connectivity index (χ4v) is 2.97. The van der Waals surface area contributed by atoms with Gasteiger partial charge in [-0.1, -0.05) is 0 Å². The Bertz CT molecular complexity index is 458. The quantitative estimate of drug-likeness (QED) is 0.787. The van der Waals surface area contributed by atoms with Gasteiger partial charge in [0.15, 0.2) is 5.78 Å². The van der Waals surface area contributed by atoms with Gasteiger partial charge in [0.1, 0.15) is 0 Å². The van der Waals surface area contributed by atoms with Crippen LogP contribution in [-0.2, 0) is 0 Å². The van der Waals surface area contributed by atoms with Crippen LogP contribution in [0, 0.1) is 0 Å². The predicted octanol–water partition coefficient (Wildman–Crippen LogP) is 2.80. The van der Waals surface area contributed by atoms with Crippen molar-refractivity contribution in [2.45, 2.75) is 46.7 Å². The molecule has 4 nitrogen and oxygen atoms in total. The van der Waals surface area contributed by atoms with Crippen LogP contribution in [0.25, 0.3) is 0 Å². The summed E-state index contributed by atoms with van der Waals surface area (Å²) in [6.45, 7) is 11.6. The maximum atomic E-state index is 12.0. The van der Waals surface area contributed by atoms with E-state index in [2.05, 4.69) is 37.9 Å². The van der Waals surface area contributed by atoms with E-state index in [4.69, 9.17) is 0 Å². The van der Waals surface area contributed by atoms with E-state index >= 15 is 0 Å². The van der Waals surface area contributed by atoms with Crippen LogP contribution in [0.1, 0.15) is 54.0 Å². The Hall–Kier alpha value is -1.20. The molecule has 0 aliphatic heterocycles. The minimum Gasteiger partial charge on any atom is -0.350 e. The molecule has 0 saturated heterocycles. The highest BCUT2D eigenvalue weighted by Gasteiger charge is 2.14. The molecule has 0 aromatic carbocycles. The van der Waals surface area contributed by atoms with Gasteiger partial charge in [0.2, 0.25) is 0 Å². The molecule has 0 spiro atoms. The molecule has 0 saturated carbocycles. The van der Waals surface area contributed by atoms with Crippen LogP contribution >= 0.6 is 11.3 Å². The van der Waals surface area contributed by atoms with E-state index in [9.17, 15) is 9.59 Å². The minimum absolute atomic E-state index is 0.000148. The van der Waals surface area contributed by atoms with E-state index < -0.39 is 0 Å². The van der Waals surface area contributed by atoms with Crippen molar-refractivity contribution in [2.75, 3.05) is 13.1 Å². The Kier molecular flexibility index (Phi) is 6.36. The van der Waals surface area contributed by atoms with Gasteiger partial charge in [-0.05, 0) is 46.8 Å². The molecule has 5 heteroatoms. The molecule has 1 heterocycles. The van der Waals surface area contributed by atoms with Crippen molar-refractivity contribution in [3.8, 4) is 0 Å². The fourth-order valence-electron chi connectivity index (χ4n) is 2.15. The number of carbonyl (C=O) groups excluding carboxylic acids is 2. The van der Waals surface area contributed by atoms with Crippen molar-refractivity contribution in [1.82, 2.24) is 10.2 Å². The zero-order valence-corrected chi connectivity index (χ0v) is 13.7. The summed E-state index contributed by atoms with van der Waals surface area (Å²) in [5.41, 5.74) is 0. The summed E-state index contributed by atoms with van der Waals surface area (Å²) in [6.07, 6.45) is 0. The second-order valence-electron chi connectivity index (χ2n) is 5.40. The van der Waals surface area contributed by atoms with Crippen LogP contribution in [0.3, 0.4) is 0 Å². The third-order valence-corrected chi connectivity index (χ3v) is 4.34. The van der Waals surface area contributed by atoms with E-state index in [-0.39, 0.29) is 11.7 Å². The number of hydrogen-bond acceptors (Lipinski definition) is 4. The monoisotopic (exact) mass is 296 g/mol. The van der Waals surface area contributed by atoms with E-state index in [0.29, 0.717) is 28.4 Å². The minimum atomic E-state index is -0.102. The number of rotatable bonds is 7. The molecule has 0 unspecified atom stereocenters. The Morgan fingerprint density at radius 3 is 2.15 bits per heavy atom. The summed E-state index contributed by atoms with van der Waals surface area (Å²) in [4.78, 5) is 26.7. The van der Waals surface area contributed by atoms with E-state index in [1.54, 1.807) is 12.1 Å². The highest BCUT2D eigenvalue weighted by Crippen LogP contribution is 2.16. The largest absolute Gasteiger partial charge is 0.350 e. The number of nitrogens with zero attached hydrogens (tertiary/aromatic N) is 1. The van der Waals surface area contributed by atoms with Crippen LogP contribution in [0.5, 0.6) is 0 Å². The third-order valence-electron chi connectivity index (χ3n) is 3.16. The van der Waals surface area contributed by atoms with Gasteiger partial charge in [-0.25, -0.2) is 0 Å². The van der Waals surface area contributed by atoms with Crippen molar-refractivity contribution in [1.29, 1.82) is 0 Å². The molecule has 0 aliphatic carbocycles. The molecule has 0 radical (unpaired) electrons. The molecule has 1 aromatic rings. The van der Waals surface area contributed by atoms with E-state index in [1.165, 1.54) is 18.3 Å². The van der Waals surface area contributed by atoms with Gasteiger partial charge in [0.25, 0.3) is 5.91 Å². The average molecular weight is 296 g/mol. The molecule has 112 valence electrons. The highest BCUT2D eigenvalue weighted by atomic mass is 32.1. The number of amides is 1. The van der Waals surface area contributed by atoms with Crippen LogP contribution < -0.4 is 5.32 Å². The predicted molar refractivity (Wildman–Crippen MR) is 83.6 cm³/mol. The first-order chi connectivity index (χ1) is 9.32. The lowest BCUT2D eigenvalue weighted by Gasteiger charge is -2.30. The molecule has 0 atom stereocenters. The lowest BCUT2D eigenvalue weighted by atomic mass is 10.2. The van der Waals surface area contributed by atoms with Gasteiger partial charge < -0.3 is 5.32 Å². The Morgan fingerprint density at radius 2 is 1.70 bits per heavy atom. The molecule has 1 amide bonds. The average Bonchev–Trinajstić information content (AvgIpc) is 2.82. The Labute approximate surface area is 125 Å². The first-order valence-corrected chi connectivity index (χ1v) is 7.79. The van der Waals surface area contributed by atoms with Crippen molar-refractivity contribution >= 4 is 23.0 Å². The number of ketones is 1. The molecule has 0 bridgehead atoms. The van der Waals surface area contributed by atoms with Gasteiger partial charge >= 0.3 is 0 Å². The molecular weight excluding hydrogens is 272 g/mol. The SMILES string of the molecule is CC(=O)c1ccc(C(=O)NCCN(C(C)C)C(C)C)s1. The first-order valence-electron chi connectivity index (χ1n) is 6.97. The van der Waals surface area contributed by atoms with Gasteiger partial charge in [0.05, 0.1) is 9.75 Å². The second-order valence-corrected chi connectivity index (χ2v) is 6.49. The number of hydrogen-bond donors (Lipinski definition) is 1. The highest BCUT2D eigenvalue weighted by molar-refractivity contribution is 7.15. The lowest BCUT2D eigenvalue weighted by molar-refractivity contribution is 0.0943. The maximum absolute atomic E-state index is 12.0. The number of Topliss-reactive ketones (excluding diaryl/α,β-unsaturated/α-hetero) is 1. The van der Waals surface area contributed by atoms with Crippen LogP contribution in [0.2, 0.25) is 0 Å². The summed E-state index contributed by atoms with van der Waals surface area (Å²) in [6, 6.07) is 4.33. The summed E-state index contributed by atoms with van der Waals surface area (Å²) >= 11 is 1.25. The summed E-state index contributed by atoms with van der Waals surface area (Å²) in [5, 5.41) is 2.91. The molecule has 0 fully saturated rings. The molecule has 20 heavy (non-hydrogen) atoms. The summed E-state index contributed by atoms with van der Waals surface area (Å²) < 4.78 is 0. The van der Waals surface area contributed by atoms with E-state index in [1.807, 2.05) is 0 Å². The summed E-state index contributed by atoms with van der Waals surface area (Å²) in [5.74, 6) is -0.102. The molecule has 1 rings (SSSR count). The van der Waals surface area contributed by atoms with Crippen LogP contribution in [0.4, 0.5) is 0 Å². The number of thiophene rings is 1.